The third-order valence-corrected chi connectivity index (χ3v) is 3.27. The van der Waals surface area contributed by atoms with Crippen LogP contribution in [0.5, 0.6) is 0 Å². The van der Waals surface area contributed by atoms with Gasteiger partial charge < -0.3 is 0 Å². The molecule has 0 aromatic rings. The highest BCUT2D eigenvalue weighted by molar-refractivity contribution is 5.19. The molecule has 0 N–H and O–H groups in total. The molecule has 1 rings (SSSR count). The third kappa shape index (κ3) is 2.86. The zero-order valence-corrected chi connectivity index (χ0v) is 9.74. The summed E-state index contributed by atoms with van der Waals surface area (Å²) in [5.74, 6) is 0. The van der Waals surface area contributed by atoms with Crippen LogP contribution in [-0.2, 0) is 0 Å². The van der Waals surface area contributed by atoms with Gasteiger partial charge in [0, 0.05) is 0 Å². The van der Waals surface area contributed by atoms with Gasteiger partial charge in [0.05, 0.1) is 0 Å². The van der Waals surface area contributed by atoms with Crippen LogP contribution in [0.25, 0.3) is 0 Å². The molecule has 1 aliphatic rings. The zero-order valence-electron chi connectivity index (χ0n) is 9.74. The SMILES string of the molecule is CCCC1=C(CC)CC(C)(C)CC1. The van der Waals surface area contributed by atoms with E-state index in [-0.39, 0.29) is 0 Å². The minimum absolute atomic E-state index is 0.572. The molecule has 0 radical (unpaired) electrons. The Bertz CT molecular complexity index is 196. The Morgan fingerprint density at radius 1 is 1.15 bits per heavy atom. The first-order valence-corrected chi connectivity index (χ1v) is 5.79. The average Bonchev–Trinajstić information content (AvgIpc) is 2.08. The van der Waals surface area contributed by atoms with Crippen molar-refractivity contribution in [3.63, 3.8) is 0 Å². The predicted octanol–water partition coefficient (Wildman–Crippen LogP) is 4.70. The molecule has 0 saturated heterocycles. The first kappa shape index (κ1) is 10.8. The molecule has 0 unspecified atom stereocenters. The largest absolute Gasteiger partial charge is 0.0710 e. The van der Waals surface area contributed by atoms with Crippen molar-refractivity contribution < 1.29 is 0 Å². The van der Waals surface area contributed by atoms with Gasteiger partial charge in [0.25, 0.3) is 0 Å². The fraction of sp³-hybridized carbons (Fsp3) is 0.846. The van der Waals surface area contributed by atoms with Crippen LogP contribution in [0.2, 0.25) is 0 Å². The molecule has 0 aromatic carbocycles. The lowest BCUT2D eigenvalue weighted by Crippen LogP contribution is -2.18. The summed E-state index contributed by atoms with van der Waals surface area (Å²) in [6.07, 6.45) is 8.05. The molecule has 0 heterocycles. The van der Waals surface area contributed by atoms with E-state index in [1.165, 1.54) is 38.5 Å². The molecule has 1 aliphatic carbocycles. The highest BCUT2D eigenvalue weighted by atomic mass is 14.3. The van der Waals surface area contributed by atoms with Crippen LogP contribution in [0.15, 0.2) is 11.1 Å². The van der Waals surface area contributed by atoms with Gasteiger partial charge in [-0.25, -0.2) is 0 Å². The first-order chi connectivity index (χ1) is 6.09. The van der Waals surface area contributed by atoms with Gasteiger partial charge in [0.1, 0.15) is 0 Å². The van der Waals surface area contributed by atoms with E-state index in [9.17, 15) is 0 Å². The van der Waals surface area contributed by atoms with E-state index in [2.05, 4.69) is 27.7 Å². The number of hydrogen-bond acceptors (Lipinski definition) is 0. The van der Waals surface area contributed by atoms with E-state index in [1.807, 2.05) is 0 Å². The van der Waals surface area contributed by atoms with Gasteiger partial charge in [-0.2, -0.15) is 0 Å². The van der Waals surface area contributed by atoms with Crippen molar-refractivity contribution in [2.24, 2.45) is 5.41 Å². The van der Waals surface area contributed by atoms with Crippen molar-refractivity contribution in [3.8, 4) is 0 Å². The summed E-state index contributed by atoms with van der Waals surface area (Å²) in [4.78, 5) is 0. The van der Waals surface area contributed by atoms with Crippen molar-refractivity contribution >= 4 is 0 Å². The maximum absolute atomic E-state index is 2.41. The fourth-order valence-electron chi connectivity index (χ4n) is 2.44. The van der Waals surface area contributed by atoms with Crippen molar-refractivity contribution in [3.05, 3.63) is 11.1 Å². The van der Waals surface area contributed by atoms with Crippen LogP contribution in [-0.4, -0.2) is 0 Å². The molecule has 0 fully saturated rings. The molecule has 0 atom stereocenters. The van der Waals surface area contributed by atoms with Crippen LogP contribution in [0, 0.1) is 5.41 Å². The topological polar surface area (TPSA) is 0 Å². The summed E-state index contributed by atoms with van der Waals surface area (Å²) >= 11 is 0. The van der Waals surface area contributed by atoms with Crippen molar-refractivity contribution in [1.29, 1.82) is 0 Å². The van der Waals surface area contributed by atoms with Crippen LogP contribution in [0.1, 0.15) is 66.2 Å². The van der Waals surface area contributed by atoms with Crippen molar-refractivity contribution in [2.75, 3.05) is 0 Å². The Morgan fingerprint density at radius 2 is 1.85 bits per heavy atom. The standard InChI is InChI=1S/C13H24/c1-5-7-12-8-9-13(3,4)10-11(12)6-2/h5-10H2,1-4H3. The van der Waals surface area contributed by atoms with E-state index in [1.54, 1.807) is 11.1 Å². The molecule has 13 heavy (non-hydrogen) atoms. The Labute approximate surface area is 83.4 Å². The van der Waals surface area contributed by atoms with E-state index >= 15 is 0 Å². The molecule has 0 nitrogen and oxygen atoms in total. The summed E-state index contributed by atoms with van der Waals surface area (Å²) in [6, 6.07) is 0. The second-order valence-corrected chi connectivity index (χ2v) is 5.15. The molecule has 0 aromatic heterocycles. The molecular weight excluding hydrogens is 156 g/mol. The normalized spacial score (nSPS) is 22.2. The minimum Gasteiger partial charge on any atom is -0.0710 e. The predicted molar refractivity (Wildman–Crippen MR) is 59.9 cm³/mol. The van der Waals surface area contributed by atoms with Gasteiger partial charge in [-0.15, -0.1) is 0 Å². The second-order valence-electron chi connectivity index (χ2n) is 5.15. The number of hydrogen-bond donors (Lipinski definition) is 0. The van der Waals surface area contributed by atoms with Gasteiger partial charge >= 0.3 is 0 Å². The van der Waals surface area contributed by atoms with Gasteiger partial charge in [0.15, 0.2) is 0 Å². The maximum Gasteiger partial charge on any atom is -0.0266 e. The molecule has 0 spiro atoms. The van der Waals surface area contributed by atoms with Gasteiger partial charge in [-0.05, 0) is 37.5 Å². The first-order valence-electron chi connectivity index (χ1n) is 5.79. The molecule has 0 aliphatic heterocycles. The van der Waals surface area contributed by atoms with Crippen LogP contribution in [0.4, 0.5) is 0 Å². The minimum atomic E-state index is 0.572. The number of allylic oxidation sites excluding steroid dienone is 2. The van der Waals surface area contributed by atoms with Crippen LogP contribution >= 0.6 is 0 Å². The molecular formula is C13H24. The molecule has 0 saturated carbocycles. The lowest BCUT2D eigenvalue weighted by atomic mass is 9.73. The molecule has 0 heteroatoms. The lowest BCUT2D eigenvalue weighted by Gasteiger charge is -2.33. The van der Waals surface area contributed by atoms with Gasteiger partial charge in [-0.1, -0.05) is 45.3 Å². The highest BCUT2D eigenvalue weighted by Gasteiger charge is 2.25. The van der Waals surface area contributed by atoms with E-state index in [0.29, 0.717) is 5.41 Å². The summed E-state index contributed by atoms with van der Waals surface area (Å²) < 4.78 is 0. The van der Waals surface area contributed by atoms with Crippen molar-refractivity contribution in [2.45, 2.75) is 66.2 Å². The van der Waals surface area contributed by atoms with Crippen LogP contribution in [0.3, 0.4) is 0 Å². The summed E-state index contributed by atoms with van der Waals surface area (Å²) in [6.45, 7) is 9.42. The highest BCUT2D eigenvalue weighted by Crippen LogP contribution is 2.40. The van der Waals surface area contributed by atoms with Crippen LogP contribution < -0.4 is 0 Å². The quantitative estimate of drug-likeness (QED) is 0.552. The monoisotopic (exact) mass is 180 g/mol. The summed E-state index contributed by atoms with van der Waals surface area (Å²) in [5, 5.41) is 0. The summed E-state index contributed by atoms with van der Waals surface area (Å²) in [7, 11) is 0. The Kier molecular flexibility index (Phi) is 3.58. The Morgan fingerprint density at radius 3 is 2.38 bits per heavy atom. The maximum atomic E-state index is 2.41. The molecule has 76 valence electrons. The zero-order chi connectivity index (χ0) is 9.90. The third-order valence-electron chi connectivity index (χ3n) is 3.27. The Balaban J connectivity index is 2.72. The second kappa shape index (κ2) is 4.30. The van der Waals surface area contributed by atoms with E-state index in [0.717, 1.165) is 0 Å². The van der Waals surface area contributed by atoms with Gasteiger partial charge in [-0.3, -0.25) is 0 Å². The molecule has 0 bridgehead atoms. The lowest BCUT2D eigenvalue weighted by molar-refractivity contribution is 0.307. The average molecular weight is 180 g/mol. The van der Waals surface area contributed by atoms with E-state index < -0.39 is 0 Å². The molecule has 0 amide bonds. The number of rotatable bonds is 3. The fourth-order valence-corrected chi connectivity index (χ4v) is 2.44. The smallest absolute Gasteiger partial charge is 0.0266 e. The van der Waals surface area contributed by atoms with E-state index in [4.69, 9.17) is 0 Å². The van der Waals surface area contributed by atoms with Gasteiger partial charge in [0.2, 0.25) is 0 Å². The summed E-state index contributed by atoms with van der Waals surface area (Å²) in [5.41, 5.74) is 4.12. The van der Waals surface area contributed by atoms with Crippen molar-refractivity contribution in [1.82, 2.24) is 0 Å². The Hall–Kier alpha value is -0.260.